The van der Waals surface area contributed by atoms with Crippen LogP contribution >= 0.6 is 0 Å². The molecule has 0 atom stereocenters. The lowest BCUT2D eigenvalue weighted by Gasteiger charge is -2.29. The Morgan fingerprint density at radius 3 is 2.50 bits per heavy atom. The van der Waals surface area contributed by atoms with Crippen LogP contribution in [0.2, 0.25) is 0 Å². The van der Waals surface area contributed by atoms with Gasteiger partial charge in [0.25, 0.3) is 0 Å². The molecule has 0 aromatic rings. The molecule has 1 aliphatic carbocycles. The van der Waals surface area contributed by atoms with Crippen molar-refractivity contribution in [2.45, 2.75) is 51.7 Å². The zero-order valence-corrected chi connectivity index (χ0v) is 11.7. The molecule has 0 unspecified atom stereocenters. The Kier molecular flexibility index (Phi) is 5.01. The fourth-order valence-corrected chi connectivity index (χ4v) is 2.64. The fourth-order valence-electron chi connectivity index (χ4n) is 2.64. The summed E-state index contributed by atoms with van der Waals surface area (Å²) in [5, 5.41) is 3.39. The molecule has 2 fully saturated rings. The third-order valence-corrected chi connectivity index (χ3v) is 3.71. The van der Waals surface area contributed by atoms with Crippen LogP contribution in [0.1, 0.15) is 39.5 Å². The number of hydrogen-bond acceptors (Lipinski definition) is 4. The minimum atomic E-state index is -0.0640. The zero-order chi connectivity index (χ0) is 13.0. The van der Waals surface area contributed by atoms with Crippen molar-refractivity contribution in [1.29, 1.82) is 0 Å². The lowest BCUT2D eigenvalue weighted by atomic mass is 9.97. The predicted octanol–water partition coefficient (Wildman–Crippen LogP) is 1.40. The van der Waals surface area contributed by atoms with E-state index in [1.807, 2.05) is 13.8 Å². The molecule has 0 aromatic carbocycles. The van der Waals surface area contributed by atoms with Gasteiger partial charge in [-0.2, -0.15) is 0 Å². The number of piperidine rings is 1. The minimum absolute atomic E-state index is 0.00238. The Labute approximate surface area is 110 Å². The summed E-state index contributed by atoms with van der Waals surface area (Å²) < 4.78 is 5.25. The Morgan fingerprint density at radius 1 is 1.28 bits per heavy atom. The number of rotatable bonds is 6. The first-order chi connectivity index (χ1) is 8.65. The average Bonchev–Trinajstić information content (AvgIpc) is 3.12. The summed E-state index contributed by atoms with van der Waals surface area (Å²) in [5.74, 6) is 0.685. The molecule has 2 rings (SSSR count). The summed E-state index contributed by atoms with van der Waals surface area (Å²) in [4.78, 5) is 14.1. The molecule has 18 heavy (non-hydrogen) atoms. The van der Waals surface area contributed by atoms with E-state index in [1.54, 1.807) is 0 Å². The van der Waals surface area contributed by atoms with Gasteiger partial charge in [-0.05, 0) is 58.5 Å². The maximum absolute atomic E-state index is 11.8. The normalized spacial score (nSPS) is 21.6. The van der Waals surface area contributed by atoms with Crippen molar-refractivity contribution in [3.05, 3.63) is 0 Å². The quantitative estimate of drug-likeness (QED) is 0.728. The highest BCUT2D eigenvalue weighted by Gasteiger charge is 2.32. The van der Waals surface area contributed by atoms with Gasteiger partial charge in [0.2, 0.25) is 0 Å². The highest BCUT2D eigenvalue weighted by molar-refractivity contribution is 5.71. The summed E-state index contributed by atoms with van der Waals surface area (Å²) in [6.45, 7) is 7.61. The summed E-state index contributed by atoms with van der Waals surface area (Å²) in [5.41, 5.74) is 0. The van der Waals surface area contributed by atoms with E-state index in [1.165, 1.54) is 25.7 Å². The molecule has 0 spiro atoms. The molecule has 2 aliphatic rings. The van der Waals surface area contributed by atoms with Crippen molar-refractivity contribution in [2.75, 3.05) is 26.2 Å². The van der Waals surface area contributed by atoms with Gasteiger partial charge in [-0.1, -0.05) is 0 Å². The van der Waals surface area contributed by atoms with E-state index < -0.39 is 0 Å². The molecular weight excluding hydrogens is 228 g/mol. The fraction of sp³-hybridized carbons (Fsp3) is 0.929. The van der Waals surface area contributed by atoms with E-state index in [4.69, 9.17) is 4.74 Å². The third kappa shape index (κ3) is 4.58. The second-order valence-corrected chi connectivity index (χ2v) is 5.89. The van der Waals surface area contributed by atoms with E-state index >= 15 is 0 Å². The maximum atomic E-state index is 11.8. The monoisotopic (exact) mass is 254 g/mol. The van der Waals surface area contributed by atoms with Crippen LogP contribution in [-0.2, 0) is 9.53 Å². The van der Waals surface area contributed by atoms with E-state index in [-0.39, 0.29) is 12.1 Å². The standard InChI is InChI=1S/C14H26N2O2/c1-11(2)18-14(17)10-16(13-3-4-13)9-12-5-7-15-8-6-12/h11-13,15H,3-10H2,1-2H3. The van der Waals surface area contributed by atoms with Crippen LogP contribution in [0, 0.1) is 5.92 Å². The average molecular weight is 254 g/mol. The lowest BCUT2D eigenvalue weighted by Crippen LogP contribution is -2.40. The van der Waals surface area contributed by atoms with Crippen LogP contribution in [0.4, 0.5) is 0 Å². The van der Waals surface area contributed by atoms with Crippen molar-refractivity contribution in [1.82, 2.24) is 10.2 Å². The van der Waals surface area contributed by atoms with Gasteiger partial charge in [0.1, 0.15) is 0 Å². The summed E-state index contributed by atoms with van der Waals surface area (Å²) in [6, 6.07) is 0.639. The number of esters is 1. The van der Waals surface area contributed by atoms with Gasteiger partial charge in [-0.3, -0.25) is 9.69 Å². The highest BCUT2D eigenvalue weighted by Crippen LogP contribution is 2.28. The van der Waals surface area contributed by atoms with Crippen LogP contribution < -0.4 is 5.32 Å². The Hall–Kier alpha value is -0.610. The van der Waals surface area contributed by atoms with Crippen LogP contribution in [0.25, 0.3) is 0 Å². The molecule has 0 aromatic heterocycles. The number of carbonyl (C=O) groups excluding carboxylic acids is 1. The van der Waals surface area contributed by atoms with Crippen molar-refractivity contribution in [3.8, 4) is 0 Å². The van der Waals surface area contributed by atoms with Crippen LogP contribution in [0.15, 0.2) is 0 Å². The van der Waals surface area contributed by atoms with Gasteiger partial charge >= 0.3 is 5.97 Å². The summed E-state index contributed by atoms with van der Waals surface area (Å²) in [7, 11) is 0. The van der Waals surface area contributed by atoms with Crippen molar-refractivity contribution in [3.63, 3.8) is 0 Å². The number of nitrogens with one attached hydrogen (secondary N) is 1. The smallest absolute Gasteiger partial charge is 0.320 e. The molecule has 4 nitrogen and oxygen atoms in total. The second-order valence-electron chi connectivity index (χ2n) is 5.89. The first-order valence-corrected chi connectivity index (χ1v) is 7.29. The zero-order valence-electron chi connectivity index (χ0n) is 11.7. The molecule has 1 saturated carbocycles. The molecule has 104 valence electrons. The maximum Gasteiger partial charge on any atom is 0.320 e. The Bertz CT molecular complexity index is 271. The first kappa shape index (κ1) is 13.8. The van der Waals surface area contributed by atoms with E-state index in [9.17, 15) is 4.79 Å². The van der Waals surface area contributed by atoms with Gasteiger partial charge < -0.3 is 10.1 Å². The molecule has 0 bridgehead atoms. The Balaban J connectivity index is 1.78. The van der Waals surface area contributed by atoms with Crippen molar-refractivity contribution < 1.29 is 9.53 Å². The van der Waals surface area contributed by atoms with Gasteiger partial charge in [0.05, 0.1) is 12.6 Å². The molecule has 1 heterocycles. The van der Waals surface area contributed by atoms with Crippen molar-refractivity contribution in [2.24, 2.45) is 5.92 Å². The second kappa shape index (κ2) is 6.53. The van der Waals surface area contributed by atoms with Crippen LogP contribution in [0.5, 0.6) is 0 Å². The number of carbonyl (C=O) groups is 1. The molecule has 1 saturated heterocycles. The van der Waals surface area contributed by atoms with Crippen LogP contribution in [0.3, 0.4) is 0 Å². The van der Waals surface area contributed by atoms with Crippen molar-refractivity contribution >= 4 is 5.97 Å². The Morgan fingerprint density at radius 2 is 1.94 bits per heavy atom. The van der Waals surface area contributed by atoms with Gasteiger partial charge in [0.15, 0.2) is 0 Å². The molecule has 0 radical (unpaired) electrons. The van der Waals surface area contributed by atoms with Crippen LogP contribution in [-0.4, -0.2) is 49.2 Å². The predicted molar refractivity (Wildman–Crippen MR) is 71.4 cm³/mol. The number of nitrogens with zero attached hydrogens (tertiary/aromatic N) is 1. The lowest BCUT2D eigenvalue weighted by molar-refractivity contribution is -0.149. The first-order valence-electron chi connectivity index (χ1n) is 7.29. The van der Waals surface area contributed by atoms with E-state index in [0.717, 1.165) is 25.6 Å². The number of ether oxygens (including phenoxy) is 1. The van der Waals surface area contributed by atoms with Gasteiger partial charge in [0, 0.05) is 12.6 Å². The molecule has 0 amide bonds. The van der Waals surface area contributed by atoms with E-state index in [0.29, 0.717) is 12.6 Å². The SMILES string of the molecule is CC(C)OC(=O)CN(CC1CCNCC1)C1CC1. The number of hydrogen-bond donors (Lipinski definition) is 1. The molecule has 1 aliphatic heterocycles. The minimum Gasteiger partial charge on any atom is -0.462 e. The third-order valence-electron chi connectivity index (χ3n) is 3.71. The van der Waals surface area contributed by atoms with Gasteiger partial charge in [-0.15, -0.1) is 0 Å². The van der Waals surface area contributed by atoms with Gasteiger partial charge in [-0.25, -0.2) is 0 Å². The topological polar surface area (TPSA) is 41.6 Å². The molecule has 1 N–H and O–H groups in total. The highest BCUT2D eigenvalue weighted by atomic mass is 16.5. The summed E-state index contributed by atoms with van der Waals surface area (Å²) in [6.07, 6.45) is 4.97. The molecule has 4 heteroatoms. The van der Waals surface area contributed by atoms with E-state index in [2.05, 4.69) is 10.2 Å². The summed E-state index contributed by atoms with van der Waals surface area (Å²) >= 11 is 0. The molecular formula is C14H26N2O2. The largest absolute Gasteiger partial charge is 0.462 e.